The molecule has 2 fully saturated rings. The number of hydrogen-bond acceptors (Lipinski definition) is 6. The monoisotopic (exact) mass is 420 g/mol. The van der Waals surface area contributed by atoms with Gasteiger partial charge in [-0.1, -0.05) is 18.2 Å². The molecule has 31 heavy (non-hydrogen) atoms. The third kappa shape index (κ3) is 6.05. The fourth-order valence-corrected chi connectivity index (χ4v) is 4.16. The number of rotatable bonds is 8. The van der Waals surface area contributed by atoms with Gasteiger partial charge in [0.2, 0.25) is 0 Å². The summed E-state index contributed by atoms with van der Waals surface area (Å²) in [6.45, 7) is 6.46. The number of nitrogens with zero attached hydrogens (tertiary/aromatic N) is 3. The van der Waals surface area contributed by atoms with Gasteiger partial charge in [0.1, 0.15) is 12.4 Å². The second-order valence-corrected chi connectivity index (χ2v) is 8.01. The molecule has 2 aliphatic rings. The molecule has 7 nitrogen and oxygen atoms in total. The molecule has 2 bridgehead atoms. The predicted molar refractivity (Wildman–Crippen MR) is 117 cm³/mol. The van der Waals surface area contributed by atoms with Crippen LogP contribution < -0.4 is 10.1 Å². The van der Waals surface area contributed by atoms with Gasteiger partial charge in [-0.25, -0.2) is 0 Å². The highest BCUT2D eigenvalue weighted by Crippen LogP contribution is 2.19. The maximum Gasteiger partial charge on any atom is 0.251 e. The Morgan fingerprint density at radius 3 is 2.29 bits per heavy atom. The third-order valence-electron chi connectivity index (χ3n) is 5.64. The average Bonchev–Trinajstić information content (AvgIpc) is 2.79. The van der Waals surface area contributed by atoms with Crippen molar-refractivity contribution in [2.75, 3.05) is 52.4 Å². The van der Waals surface area contributed by atoms with Crippen molar-refractivity contribution in [3.05, 3.63) is 65.7 Å². The highest BCUT2D eigenvalue weighted by molar-refractivity contribution is 5.94. The maximum absolute atomic E-state index is 12.2. The molecule has 1 N–H and O–H groups in total. The van der Waals surface area contributed by atoms with Crippen LogP contribution in [-0.4, -0.2) is 80.3 Å². The zero-order chi connectivity index (χ0) is 21.5. The number of amides is 1. The van der Waals surface area contributed by atoms with E-state index in [0.29, 0.717) is 24.3 Å². The lowest BCUT2D eigenvalue weighted by Gasteiger charge is -2.45. The van der Waals surface area contributed by atoms with Gasteiger partial charge in [-0.15, -0.1) is 0 Å². The van der Waals surface area contributed by atoms with Gasteiger partial charge in [-0.3, -0.25) is 14.6 Å². The molecule has 1 amide bonds. The molecule has 2 aromatic carbocycles. The number of fused-ring (bicyclic) bond motifs is 2. The van der Waals surface area contributed by atoms with E-state index < -0.39 is 0 Å². The number of benzene rings is 2. The van der Waals surface area contributed by atoms with E-state index in [1.165, 1.54) is 0 Å². The van der Waals surface area contributed by atoms with E-state index in [4.69, 9.17) is 14.7 Å². The molecule has 2 aromatic rings. The molecule has 0 saturated carbocycles. The van der Waals surface area contributed by atoms with Crippen molar-refractivity contribution >= 4 is 5.91 Å². The van der Waals surface area contributed by atoms with Gasteiger partial charge < -0.3 is 14.8 Å². The number of nitriles is 1. The first-order valence-corrected chi connectivity index (χ1v) is 10.8. The zero-order valence-electron chi connectivity index (χ0n) is 17.6. The zero-order valence-corrected chi connectivity index (χ0v) is 17.6. The molecule has 2 aliphatic heterocycles. The summed E-state index contributed by atoms with van der Waals surface area (Å²) >= 11 is 0. The van der Waals surface area contributed by atoms with E-state index in [2.05, 4.69) is 21.2 Å². The average molecular weight is 421 g/mol. The van der Waals surface area contributed by atoms with Gasteiger partial charge in [0.15, 0.2) is 0 Å². The molecule has 0 radical (unpaired) electrons. The Morgan fingerprint density at radius 2 is 1.65 bits per heavy atom. The van der Waals surface area contributed by atoms with Crippen LogP contribution in [0.15, 0.2) is 54.6 Å². The topological polar surface area (TPSA) is 77.8 Å². The standard InChI is InChI=1S/C24H28N4O3/c25-14-19-6-8-21(9-7-19)30-13-12-28-17-22-15-27(16-23(18-28)31-22)11-10-26-24(29)20-4-2-1-3-5-20/h1-9,22-23H,10-13,15-18H2,(H,26,29). The van der Waals surface area contributed by atoms with Gasteiger partial charge in [0.25, 0.3) is 5.91 Å². The van der Waals surface area contributed by atoms with Crippen LogP contribution >= 0.6 is 0 Å². The number of carbonyl (C=O) groups excluding carboxylic acids is 1. The summed E-state index contributed by atoms with van der Waals surface area (Å²) in [5, 5.41) is 11.9. The lowest BCUT2D eigenvalue weighted by Crippen LogP contribution is -2.60. The minimum absolute atomic E-state index is 0.0255. The molecule has 2 heterocycles. The summed E-state index contributed by atoms with van der Waals surface area (Å²) in [7, 11) is 0. The Hall–Kier alpha value is -2.92. The fraction of sp³-hybridized carbons (Fsp3) is 0.417. The fourth-order valence-electron chi connectivity index (χ4n) is 4.16. The third-order valence-corrected chi connectivity index (χ3v) is 5.64. The minimum Gasteiger partial charge on any atom is -0.492 e. The second kappa shape index (κ2) is 10.4. The van der Waals surface area contributed by atoms with E-state index in [1.54, 1.807) is 12.1 Å². The molecular weight excluding hydrogens is 392 g/mol. The van der Waals surface area contributed by atoms with Gasteiger partial charge in [0, 0.05) is 51.4 Å². The minimum atomic E-state index is -0.0255. The van der Waals surface area contributed by atoms with E-state index in [9.17, 15) is 4.79 Å². The van der Waals surface area contributed by atoms with Gasteiger partial charge in [-0.05, 0) is 36.4 Å². The first kappa shape index (κ1) is 21.3. The number of carbonyl (C=O) groups is 1. The van der Waals surface area contributed by atoms with Crippen LogP contribution in [0, 0.1) is 11.3 Å². The number of ether oxygens (including phenoxy) is 2. The Bertz CT molecular complexity index is 883. The molecule has 0 spiro atoms. The van der Waals surface area contributed by atoms with E-state index in [1.807, 2.05) is 42.5 Å². The molecule has 2 atom stereocenters. The molecule has 0 aromatic heterocycles. The van der Waals surface area contributed by atoms with Crippen molar-refractivity contribution in [1.82, 2.24) is 15.1 Å². The highest BCUT2D eigenvalue weighted by atomic mass is 16.5. The number of nitrogens with one attached hydrogen (secondary N) is 1. The van der Waals surface area contributed by atoms with Crippen molar-refractivity contribution in [2.24, 2.45) is 0 Å². The molecule has 2 unspecified atom stereocenters. The molecule has 4 rings (SSSR count). The van der Waals surface area contributed by atoms with Gasteiger partial charge >= 0.3 is 0 Å². The summed E-state index contributed by atoms with van der Waals surface area (Å²) in [4.78, 5) is 17.0. The molecule has 7 heteroatoms. The summed E-state index contributed by atoms with van der Waals surface area (Å²) in [5.41, 5.74) is 1.33. The van der Waals surface area contributed by atoms with Crippen LogP contribution in [0.5, 0.6) is 5.75 Å². The Labute approximate surface area is 183 Å². The molecule has 2 saturated heterocycles. The first-order chi connectivity index (χ1) is 15.2. The van der Waals surface area contributed by atoms with Gasteiger partial charge in [-0.2, -0.15) is 5.26 Å². The van der Waals surface area contributed by atoms with Crippen LogP contribution in [0.25, 0.3) is 0 Å². The van der Waals surface area contributed by atoms with Crippen LogP contribution in [0.1, 0.15) is 15.9 Å². The van der Waals surface area contributed by atoms with Crippen LogP contribution in [-0.2, 0) is 4.74 Å². The van der Waals surface area contributed by atoms with E-state index >= 15 is 0 Å². The van der Waals surface area contributed by atoms with Crippen LogP contribution in [0.3, 0.4) is 0 Å². The lowest BCUT2D eigenvalue weighted by molar-refractivity contribution is -0.138. The predicted octanol–water partition coefficient (Wildman–Crippen LogP) is 1.75. The summed E-state index contributed by atoms with van der Waals surface area (Å²) in [6, 6.07) is 18.6. The Morgan fingerprint density at radius 1 is 1.00 bits per heavy atom. The van der Waals surface area contributed by atoms with Crippen molar-refractivity contribution in [2.45, 2.75) is 12.2 Å². The molecule has 162 valence electrons. The number of hydrogen-bond donors (Lipinski definition) is 1. The van der Waals surface area contributed by atoms with Crippen molar-refractivity contribution in [3.8, 4) is 11.8 Å². The summed E-state index contributed by atoms with van der Waals surface area (Å²) < 4.78 is 11.9. The smallest absolute Gasteiger partial charge is 0.251 e. The summed E-state index contributed by atoms with van der Waals surface area (Å²) in [6.07, 6.45) is 0.375. The first-order valence-electron chi connectivity index (χ1n) is 10.8. The van der Waals surface area contributed by atoms with Crippen molar-refractivity contribution in [1.29, 1.82) is 5.26 Å². The Balaban J connectivity index is 1.16. The van der Waals surface area contributed by atoms with Crippen LogP contribution in [0.2, 0.25) is 0 Å². The normalized spacial score (nSPS) is 21.3. The van der Waals surface area contributed by atoms with Crippen LogP contribution in [0.4, 0.5) is 0 Å². The summed E-state index contributed by atoms with van der Waals surface area (Å²) in [5.74, 6) is 0.763. The lowest BCUT2D eigenvalue weighted by atomic mass is 10.1. The van der Waals surface area contributed by atoms with Crippen molar-refractivity contribution < 1.29 is 14.3 Å². The molecular formula is C24H28N4O3. The molecule has 0 aliphatic carbocycles. The van der Waals surface area contributed by atoms with Gasteiger partial charge in [0.05, 0.1) is 23.8 Å². The number of morpholine rings is 2. The maximum atomic E-state index is 12.2. The SMILES string of the molecule is N#Cc1ccc(OCCN2CC3CN(CCNC(=O)c4ccccc4)CC(C2)O3)cc1. The van der Waals surface area contributed by atoms with E-state index in [-0.39, 0.29) is 18.1 Å². The largest absolute Gasteiger partial charge is 0.492 e. The second-order valence-electron chi connectivity index (χ2n) is 8.01. The van der Waals surface area contributed by atoms with E-state index in [0.717, 1.165) is 45.0 Å². The highest BCUT2D eigenvalue weighted by Gasteiger charge is 2.34. The Kier molecular flexibility index (Phi) is 7.15. The quantitative estimate of drug-likeness (QED) is 0.701. The van der Waals surface area contributed by atoms with Crippen molar-refractivity contribution in [3.63, 3.8) is 0 Å².